The fraction of sp³-hybridized carbons (Fsp3) is 0.143. The maximum atomic E-state index is 10.8. The molecule has 0 fully saturated rings. The summed E-state index contributed by atoms with van der Waals surface area (Å²) in [7, 11) is 0. The number of nitrogens with zero attached hydrogens (tertiary/aromatic N) is 1. The zero-order valence-electron chi connectivity index (χ0n) is 10.4. The number of fused-ring (bicyclic) bond motifs is 1. The summed E-state index contributed by atoms with van der Waals surface area (Å²) in [6.45, 7) is 0.495. The normalized spacial score (nSPS) is 12.2. The van der Waals surface area contributed by atoms with Crippen LogP contribution in [0.25, 0.3) is 0 Å². The molecule has 0 radical (unpaired) electrons. The molecule has 6 heteroatoms. The number of hydrogen-bond acceptors (Lipinski definition) is 5. The number of carboxylic acid groups (broad SMARTS) is 1. The van der Waals surface area contributed by atoms with Gasteiger partial charge in [0.1, 0.15) is 6.61 Å². The van der Waals surface area contributed by atoms with E-state index in [2.05, 4.69) is 4.98 Å². The highest BCUT2D eigenvalue weighted by Crippen LogP contribution is 2.32. The Labute approximate surface area is 114 Å². The van der Waals surface area contributed by atoms with Crippen LogP contribution in [0.3, 0.4) is 0 Å². The van der Waals surface area contributed by atoms with E-state index in [0.29, 0.717) is 11.5 Å². The highest BCUT2D eigenvalue weighted by Gasteiger charge is 2.13. The van der Waals surface area contributed by atoms with Crippen LogP contribution >= 0.6 is 0 Å². The molecular weight excluding hydrogens is 262 g/mol. The monoisotopic (exact) mass is 273 g/mol. The lowest BCUT2D eigenvalue weighted by atomic mass is 10.2. The molecule has 1 aliphatic heterocycles. The molecule has 6 nitrogen and oxygen atoms in total. The second-order valence-electron chi connectivity index (χ2n) is 4.16. The molecule has 102 valence electrons. The van der Waals surface area contributed by atoms with E-state index in [4.69, 9.17) is 19.3 Å². The summed E-state index contributed by atoms with van der Waals surface area (Å²) < 4.78 is 16.0. The molecule has 0 amide bonds. The molecular formula is C14H11NO5. The van der Waals surface area contributed by atoms with Crippen molar-refractivity contribution in [1.82, 2.24) is 4.98 Å². The van der Waals surface area contributed by atoms with Gasteiger partial charge in [0.2, 0.25) is 12.7 Å². The van der Waals surface area contributed by atoms with Crippen LogP contribution in [-0.4, -0.2) is 22.9 Å². The number of hydrogen-bond donors (Lipinski definition) is 1. The number of carbonyl (C=O) groups is 1. The summed E-state index contributed by atoms with van der Waals surface area (Å²) >= 11 is 0. The van der Waals surface area contributed by atoms with Crippen LogP contribution in [0.15, 0.2) is 36.5 Å². The van der Waals surface area contributed by atoms with Gasteiger partial charge < -0.3 is 19.3 Å². The third kappa shape index (κ3) is 2.49. The topological polar surface area (TPSA) is 77.9 Å². The van der Waals surface area contributed by atoms with Crippen LogP contribution in [0.5, 0.6) is 17.4 Å². The van der Waals surface area contributed by atoms with Crippen LogP contribution in [0, 0.1) is 0 Å². The predicted octanol–water partition coefficient (Wildman–Crippen LogP) is 2.09. The van der Waals surface area contributed by atoms with Gasteiger partial charge >= 0.3 is 5.97 Å². The minimum Gasteiger partial charge on any atom is -0.478 e. The molecule has 1 N–H and O–H groups in total. The Morgan fingerprint density at radius 2 is 2.10 bits per heavy atom. The van der Waals surface area contributed by atoms with Gasteiger partial charge in [-0.25, -0.2) is 9.78 Å². The molecule has 0 aliphatic carbocycles. The van der Waals surface area contributed by atoms with Gasteiger partial charge in [0.15, 0.2) is 11.5 Å². The summed E-state index contributed by atoms with van der Waals surface area (Å²) in [5.74, 6) is 0.640. The third-order valence-corrected chi connectivity index (χ3v) is 2.81. The fourth-order valence-corrected chi connectivity index (χ4v) is 1.81. The van der Waals surface area contributed by atoms with Gasteiger partial charge in [-0.1, -0.05) is 6.07 Å². The van der Waals surface area contributed by atoms with E-state index in [0.717, 1.165) is 5.56 Å². The van der Waals surface area contributed by atoms with Crippen LogP contribution in [0.1, 0.15) is 15.9 Å². The lowest BCUT2D eigenvalue weighted by molar-refractivity contribution is 0.0696. The van der Waals surface area contributed by atoms with Crippen molar-refractivity contribution in [3.05, 3.63) is 47.7 Å². The number of benzene rings is 1. The SMILES string of the molecule is O=C(O)c1ccnc(OCc2ccc3c(c2)OCO3)c1. The van der Waals surface area contributed by atoms with E-state index < -0.39 is 5.97 Å². The number of rotatable bonds is 4. The standard InChI is InChI=1S/C14H11NO5/c16-14(17)10-3-4-15-13(6-10)18-7-9-1-2-11-12(5-9)20-8-19-11/h1-6H,7-8H2,(H,16,17). The molecule has 1 aromatic carbocycles. The van der Waals surface area contributed by atoms with Gasteiger partial charge in [-0.3, -0.25) is 0 Å². The van der Waals surface area contributed by atoms with Crippen molar-refractivity contribution >= 4 is 5.97 Å². The molecule has 1 aliphatic rings. The second kappa shape index (κ2) is 5.08. The van der Waals surface area contributed by atoms with E-state index in [1.807, 2.05) is 18.2 Å². The van der Waals surface area contributed by atoms with Crippen LogP contribution in [0.4, 0.5) is 0 Å². The molecule has 0 bridgehead atoms. The first-order valence-electron chi connectivity index (χ1n) is 5.93. The Hall–Kier alpha value is -2.76. The Morgan fingerprint density at radius 3 is 2.95 bits per heavy atom. The maximum absolute atomic E-state index is 10.8. The van der Waals surface area contributed by atoms with Gasteiger partial charge in [-0.15, -0.1) is 0 Å². The first-order chi connectivity index (χ1) is 9.72. The lowest BCUT2D eigenvalue weighted by Crippen LogP contribution is -2.01. The largest absolute Gasteiger partial charge is 0.478 e. The Kier molecular flexibility index (Phi) is 3.12. The van der Waals surface area contributed by atoms with E-state index in [9.17, 15) is 4.79 Å². The molecule has 2 aromatic rings. The van der Waals surface area contributed by atoms with Gasteiger partial charge in [0.05, 0.1) is 5.56 Å². The predicted molar refractivity (Wildman–Crippen MR) is 68.1 cm³/mol. The molecule has 0 saturated heterocycles. The number of aromatic nitrogens is 1. The van der Waals surface area contributed by atoms with Crippen molar-refractivity contribution < 1.29 is 24.1 Å². The minimum absolute atomic E-state index is 0.140. The Balaban J connectivity index is 1.70. The number of carboxylic acids is 1. The minimum atomic E-state index is -1.01. The summed E-state index contributed by atoms with van der Waals surface area (Å²) in [5.41, 5.74) is 1.03. The average molecular weight is 273 g/mol. The smallest absolute Gasteiger partial charge is 0.335 e. The maximum Gasteiger partial charge on any atom is 0.335 e. The number of pyridine rings is 1. The zero-order valence-corrected chi connectivity index (χ0v) is 10.4. The molecule has 0 saturated carbocycles. The Bertz CT molecular complexity index is 656. The van der Waals surface area contributed by atoms with Crippen LogP contribution < -0.4 is 14.2 Å². The summed E-state index contributed by atoms with van der Waals surface area (Å²) in [6, 6.07) is 8.28. The van der Waals surface area contributed by atoms with Crippen molar-refractivity contribution in [1.29, 1.82) is 0 Å². The quantitative estimate of drug-likeness (QED) is 0.919. The highest BCUT2D eigenvalue weighted by molar-refractivity contribution is 5.87. The number of aromatic carboxylic acids is 1. The Morgan fingerprint density at radius 1 is 1.25 bits per heavy atom. The van der Waals surface area contributed by atoms with Gasteiger partial charge in [0, 0.05) is 12.3 Å². The molecule has 0 unspecified atom stereocenters. The van der Waals surface area contributed by atoms with Crippen molar-refractivity contribution in [3.8, 4) is 17.4 Å². The lowest BCUT2D eigenvalue weighted by Gasteiger charge is -2.06. The van der Waals surface area contributed by atoms with Crippen LogP contribution in [-0.2, 0) is 6.61 Å². The molecule has 0 atom stereocenters. The van der Waals surface area contributed by atoms with E-state index >= 15 is 0 Å². The third-order valence-electron chi connectivity index (χ3n) is 2.81. The summed E-state index contributed by atoms with van der Waals surface area (Å²) in [6.07, 6.45) is 1.40. The van der Waals surface area contributed by atoms with E-state index in [1.165, 1.54) is 18.3 Å². The molecule has 0 spiro atoms. The first-order valence-corrected chi connectivity index (χ1v) is 5.93. The van der Waals surface area contributed by atoms with E-state index in [-0.39, 0.29) is 24.8 Å². The summed E-state index contributed by atoms with van der Waals surface area (Å²) in [5, 5.41) is 8.89. The highest BCUT2D eigenvalue weighted by atomic mass is 16.7. The molecule has 20 heavy (non-hydrogen) atoms. The molecule has 3 rings (SSSR count). The van der Waals surface area contributed by atoms with E-state index in [1.54, 1.807) is 0 Å². The van der Waals surface area contributed by atoms with Crippen molar-refractivity contribution in [2.24, 2.45) is 0 Å². The van der Waals surface area contributed by atoms with Gasteiger partial charge in [-0.05, 0) is 23.8 Å². The van der Waals surface area contributed by atoms with Crippen molar-refractivity contribution in [2.45, 2.75) is 6.61 Å². The van der Waals surface area contributed by atoms with Crippen LogP contribution in [0.2, 0.25) is 0 Å². The van der Waals surface area contributed by atoms with Crippen molar-refractivity contribution in [3.63, 3.8) is 0 Å². The summed E-state index contributed by atoms with van der Waals surface area (Å²) in [4.78, 5) is 14.8. The second-order valence-corrected chi connectivity index (χ2v) is 4.16. The zero-order chi connectivity index (χ0) is 13.9. The first kappa shape index (κ1) is 12.3. The van der Waals surface area contributed by atoms with Gasteiger partial charge in [0.25, 0.3) is 0 Å². The average Bonchev–Trinajstić information content (AvgIpc) is 2.93. The van der Waals surface area contributed by atoms with Crippen molar-refractivity contribution in [2.75, 3.05) is 6.79 Å². The fourth-order valence-electron chi connectivity index (χ4n) is 1.81. The number of ether oxygens (including phenoxy) is 3. The molecule has 2 heterocycles. The van der Waals surface area contributed by atoms with Gasteiger partial charge in [-0.2, -0.15) is 0 Å². The molecule has 1 aromatic heterocycles.